The highest BCUT2D eigenvalue weighted by atomic mass is 35.5. The largest absolute Gasteiger partial charge is 0.496 e. The average molecular weight is 382 g/mol. The lowest BCUT2D eigenvalue weighted by molar-refractivity contribution is 0.0950. The molecule has 138 valence electrons. The van der Waals surface area contributed by atoms with Crippen LogP contribution in [-0.2, 0) is 6.54 Å². The monoisotopic (exact) mass is 381 g/mol. The van der Waals surface area contributed by atoms with E-state index in [1.165, 1.54) is 0 Å². The fourth-order valence-electron chi connectivity index (χ4n) is 2.65. The molecule has 2 N–H and O–H groups in total. The number of carbonyl (C=O) groups excluding carboxylic acids is 1. The summed E-state index contributed by atoms with van der Waals surface area (Å²) in [4.78, 5) is 16.8. The Morgan fingerprint density at radius 3 is 2.78 bits per heavy atom. The Balaban J connectivity index is 1.71. The number of anilines is 2. The summed E-state index contributed by atoms with van der Waals surface area (Å²) >= 11 is 6.15. The predicted octanol–water partition coefficient (Wildman–Crippen LogP) is 4.73. The molecule has 6 heteroatoms. The fourth-order valence-corrected chi connectivity index (χ4v) is 2.82. The van der Waals surface area contributed by atoms with Crippen LogP contribution in [0.3, 0.4) is 0 Å². The Morgan fingerprint density at radius 1 is 1.15 bits per heavy atom. The van der Waals surface area contributed by atoms with Gasteiger partial charge < -0.3 is 15.4 Å². The van der Waals surface area contributed by atoms with Gasteiger partial charge in [-0.15, -0.1) is 0 Å². The smallest absolute Gasteiger partial charge is 0.251 e. The quantitative estimate of drug-likeness (QED) is 0.648. The number of amides is 1. The first-order valence-corrected chi connectivity index (χ1v) is 8.84. The SMILES string of the molecule is COc1ccccc1CNC(=O)c1ccnc(Nc2cccc(Cl)c2C)c1. The first-order valence-electron chi connectivity index (χ1n) is 8.47. The van der Waals surface area contributed by atoms with Crippen LogP contribution in [0.4, 0.5) is 11.5 Å². The van der Waals surface area contributed by atoms with Crippen molar-refractivity contribution in [2.75, 3.05) is 12.4 Å². The molecule has 3 aromatic rings. The van der Waals surface area contributed by atoms with Crippen molar-refractivity contribution in [1.29, 1.82) is 0 Å². The summed E-state index contributed by atoms with van der Waals surface area (Å²) < 4.78 is 5.31. The second-order valence-corrected chi connectivity index (χ2v) is 6.37. The number of nitrogens with zero attached hydrogens (tertiary/aromatic N) is 1. The molecular weight excluding hydrogens is 362 g/mol. The van der Waals surface area contributed by atoms with Crippen molar-refractivity contribution in [2.24, 2.45) is 0 Å². The molecule has 1 amide bonds. The number of benzene rings is 2. The normalized spacial score (nSPS) is 10.3. The van der Waals surface area contributed by atoms with E-state index >= 15 is 0 Å². The Bertz CT molecular complexity index is 960. The number of nitrogens with one attached hydrogen (secondary N) is 2. The molecule has 0 fully saturated rings. The van der Waals surface area contributed by atoms with Crippen LogP contribution in [-0.4, -0.2) is 18.0 Å². The molecule has 0 unspecified atom stereocenters. The van der Waals surface area contributed by atoms with Crippen LogP contribution < -0.4 is 15.4 Å². The molecule has 2 aromatic carbocycles. The molecule has 0 aliphatic carbocycles. The minimum atomic E-state index is -0.186. The molecule has 0 radical (unpaired) electrons. The number of carbonyl (C=O) groups is 1. The standard InChI is InChI=1S/C21H20ClN3O2/c1-14-17(22)7-5-8-18(14)25-20-12-15(10-11-23-20)21(26)24-13-16-6-3-4-9-19(16)27-2/h3-12H,13H2,1-2H3,(H,23,25)(H,24,26). The summed E-state index contributed by atoms with van der Waals surface area (Å²) in [6.07, 6.45) is 1.60. The van der Waals surface area contributed by atoms with Gasteiger partial charge in [-0.1, -0.05) is 35.9 Å². The van der Waals surface area contributed by atoms with E-state index in [0.29, 0.717) is 22.9 Å². The zero-order valence-corrected chi connectivity index (χ0v) is 15.9. The molecule has 0 saturated carbocycles. The van der Waals surface area contributed by atoms with Gasteiger partial charge in [0.15, 0.2) is 0 Å². The van der Waals surface area contributed by atoms with Crippen LogP contribution in [0, 0.1) is 6.92 Å². The van der Waals surface area contributed by atoms with Gasteiger partial charge in [-0.3, -0.25) is 4.79 Å². The lowest BCUT2D eigenvalue weighted by atomic mass is 10.2. The third-order valence-electron chi connectivity index (χ3n) is 4.18. The lowest BCUT2D eigenvalue weighted by Crippen LogP contribution is -2.23. The van der Waals surface area contributed by atoms with Crippen molar-refractivity contribution >= 4 is 29.0 Å². The summed E-state index contributed by atoms with van der Waals surface area (Å²) in [6, 6.07) is 16.6. The first kappa shape index (κ1) is 18.7. The van der Waals surface area contributed by atoms with Gasteiger partial charge in [0.2, 0.25) is 0 Å². The molecule has 0 aliphatic rings. The highest BCUT2D eigenvalue weighted by Crippen LogP contribution is 2.25. The van der Waals surface area contributed by atoms with Gasteiger partial charge >= 0.3 is 0 Å². The molecule has 0 spiro atoms. The van der Waals surface area contributed by atoms with Crippen molar-refractivity contribution < 1.29 is 9.53 Å². The van der Waals surface area contributed by atoms with Crippen molar-refractivity contribution in [3.8, 4) is 5.75 Å². The van der Waals surface area contributed by atoms with Gasteiger partial charge in [0, 0.05) is 34.6 Å². The van der Waals surface area contributed by atoms with E-state index in [9.17, 15) is 4.79 Å². The third-order valence-corrected chi connectivity index (χ3v) is 4.59. The van der Waals surface area contributed by atoms with Crippen molar-refractivity contribution in [3.05, 3.63) is 82.5 Å². The fraction of sp³-hybridized carbons (Fsp3) is 0.143. The summed E-state index contributed by atoms with van der Waals surface area (Å²) in [5, 5.41) is 6.78. The molecule has 27 heavy (non-hydrogen) atoms. The van der Waals surface area contributed by atoms with E-state index in [0.717, 1.165) is 22.6 Å². The molecule has 0 saturated heterocycles. The Kier molecular flexibility index (Phi) is 5.94. The predicted molar refractivity (Wildman–Crippen MR) is 108 cm³/mol. The average Bonchev–Trinajstić information content (AvgIpc) is 2.70. The van der Waals surface area contributed by atoms with Gasteiger partial charge in [0.1, 0.15) is 11.6 Å². The lowest BCUT2D eigenvalue weighted by Gasteiger charge is -2.12. The number of hydrogen-bond donors (Lipinski definition) is 2. The van der Waals surface area contributed by atoms with Crippen LogP contribution in [0.1, 0.15) is 21.5 Å². The molecule has 5 nitrogen and oxygen atoms in total. The molecule has 0 aliphatic heterocycles. The van der Waals surface area contributed by atoms with Crippen LogP contribution >= 0.6 is 11.6 Å². The summed E-state index contributed by atoms with van der Waals surface area (Å²) in [7, 11) is 1.61. The minimum Gasteiger partial charge on any atom is -0.496 e. The zero-order valence-electron chi connectivity index (χ0n) is 15.1. The van der Waals surface area contributed by atoms with Crippen molar-refractivity contribution in [1.82, 2.24) is 10.3 Å². The molecule has 0 bridgehead atoms. The van der Waals surface area contributed by atoms with E-state index in [2.05, 4.69) is 15.6 Å². The van der Waals surface area contributed by atoms with E-state index in [1.54, 1.807) is 25.4 Å². The maximum atomic E-state index is 12.5. The van der Waals surface area contributed by atoms with Gasteiger partial charge in [0.25, 0.3) is 5.91 Å². The van der Waals surface area contributed by atoms with Crippen molar-refractivity contribution in [3.63, 3.8) is 0 Å². The Hall–Kier alpha value is -3.05. The summed E-state index contributed by atoms with van der Waals surface area (Å²) in [6.45, 7) is 2.30. The van der Waals surface area contributed by atoms with Crippen LogP contribution in [0.15, 0.2) is 60.8 Å². The molecule has 0 atom stereocenters. The van der Waals surface area contributed by atoms with Crippen molar-refractivity contribution in [2.45, 2.75) is 13.5 Å². The van der Waals surface area contributed by atoms with Gasteiger partial charge in [-0.05, 0) is 42.8 Å². The van der Waals surface area contributed by atoms with Gasteiger partial charge in [0.05, 0.1) is 7.11 Å². The minimum absolute atomic E-state index is 0.186. The topological polar surface area (TPSA) is 63.2 Å². The van der Waals surface area contributed by atoms with Gasteiger partial charge in [-0.25, -0.2) is 4.98 Å². The highest BCUT2D eigenvalue weighted by molar-refractivity contribution is 6.31. The number of pyridine rings is 1. The molecule has 3 rings (SSSR count). The first-order chi connectivity index (χ1) is 13.1. The van der Waals surface area contributed by atoms with E-state index in [1.807, 2.05) is 49.4 Å². The summed E-state index contributed by atoms with van der Waals surface area (Å²) in [5.74, 6) is 1.13. The number of halogens is 1. The highest BCUT2D eigenvalue weighted by Gasteiger charge is 2.10. The molecule has 1 heterocycles. The maximum absolute atomic E-state index is 12.5. The van der Waals surface area contributed by atoms with E-state index in [4.69, 9.17) is 16.3 Å². The van der Waals surface area contributed by atoms with Gasteiger partial charge in [-0.2, -0.15) is 0 Å². The number of hydrogen-bond acceptors (Lipinski definition) is 4. The summed E-state index contributed by atoms with van der Waals surface area (Å²) in [5.41, 5.74) is 3.20. The second kappa shape index (κ2) is 8.56. The number of rotatable bonds is 6. The Labute approximate surface area is 163 Å². The number of aromatic nitrogens is 1. The maximum Gasteiger partial charge on any atom is 0.251 e. The third kappa shape index (κ3) is 4.57. The molecular formula is C21H20ClN3O2. The Morgan fingerprint density at radius 2 is 1.96 bits per heavy atom. The van der Waals surface area contributed by atoms with E-state index < -0.39 is 0 Å². The van der Waals surface area contributed by atoms with Crippen LogP contribution in [0.5, 0.6) is 5.75 Å². The number of para-hydroxylation sites is 1. The number of methoxy groups -OCH3 is 1. The van der Waals surface area contributed by atoms with Crippen LogP contribution in [0.25, 0.3) is 0 Å². The van der Waals surface area contributed by atoms with Crippen LogP contribution in [0.2, 0.25) is 5.02 Å². The van der Waals surface area contributed by atoms with E-state index in [-0.39, 0.29) is 5.91 Å². The number of ether oxygens (including phenoxy) is 1. The zero-order chi connectivity index (χ0) is 19.2. The second-order valence-electron chi connectivity index (χ2n) is 5.96. The molecule has 1 aromatic heterocycles.